The Morgan fingerprint density at radius 3 is 2.96 bits per heavy atom. The fourth-order valence-electron chi connectivity index (χ4n) is 2.68. The lowest BCUT2D eigenvalue weighted by Gasteiger charge is -2.33. The average molecular weight is 330 g/mol. The molecule has 1 atom stereocenters. The van der Waals surface area contributed by atoms with Gasteiger partial charge in [-0.25, -0.2) is 4.79 Å². The highest BCUT2D eigenvalue weighted by molar-refractivity contribution is 5.88. The van der Waals surface area contributed by atoms with Crippen molar-refractivity contribution >= 4 is 11.8 Å². The lowest BCUT2D eigenvalue weighted by Crippen LogP contribution is -2.47. The fraction of sp³-hybridized carbons (Fsp3) is 0.412. The van der Waals surface area contributed by atoms with Crippen molar-refractivity contribution in [1.29, 1.82) is 0 Å². The Hall–Kier alpha value is -2.38. The van der Waals surface area contributed by atoms with Crippen LogP contribution in [-0.2, 0) is 11.3 Å². The monoisotopic (exact) mass is 330 g/mol. The summed E-state index contributed by atoms with van der Waals surface area (Å²) in [6.07, 6.45) is -0.0211. The third-order valence-corrected chi connectivity index (χ3v) is 3.83. The van der Waals surface area contributed by atoms with Crippen LogP contribution in [0.5, 0.6) is 0 Å². The van der Waals surface area contributed by atoms with Gasteiger partial charge in [0.2, 0.25) is 0 Å². The van der Waals surface area contributed by atoms with Crippen LogP contribution in [0.15, 0.2) is 40.9 Å². The lowest BCUT2D eigenvalue weighted by molar-refractivity contribution is -0.0285. The minimum atomic E-state index is -0.313. The molecule has 1 aliphatic heterocycles. The van der Waals surface area contributed by atoms with Gasteiger partial charge in [-0.3, -0.25) is 10.2 Å². The van der Waals surface area contributed by atoms with Gasteiger partial charge in [0.1, 0.15) is 5.76 Å². The number of aromatic nitrogens is 1. The number of carbonyl (C=O) groups excluding carboxylic acids is 1. The molecule has 1 saturated heterocycles. The molecule has 0 radical (unpaired) electrons. The van der Waals surface area contributed by atoms with Gasteiger partial charge in [0.05, 0.1) is 12.7 Å². The molecule has 0 bridgehead atoms. The highest BCUT2D eigenvalue weighted by Crippen LogP contribution is 2.10. The molecule has 7 heteroatoms. The van der Waals surface area contributed by atoms with Gasteiger partial charge in [0.15, 0.2) is 5.82 Å². The van der Waals surface area contributed by atoms with Crippen LogP contribution in [0.1, 0.15) is 11.3 Å². The van der Waals surface area contributed by atoms with E-state index in [1.807, 2.05) is 18.2 Å². The Bertz CT molecular complexity index is 659. The Balaban J connectivity index is 1.42. The fourth-order valence-corrected chi connectivity index (χ4v) is 2.68. The van der Waals surface area contributed by atoms with Crippen molar-refractivity contribution in [1.82, 2.24) is 15.4 Å². The number of nitrogens with zero attached hydrogens (tertiary/aromatic N) is 2. The zero-order valence-corrected chi connectivity index (χ0v) is 13.7. The number of rotatable bonds is 5. The van der Waals surface area contributed by atoms with E-state index < -0.39 is 0 Å². The molecule has 0 aliphatic carbocycles. The largest absolute Gasteiger partial charge is 0.374 e. The van der Waals surface area contributed by atoms with Gasteiger partial charge in [-0.15, -0.1) is 0 Å². The molecule has 1 aromatic heterocycles. The van der Waals surface area contributed by atoms with Crippen molar-refractivity contribution in [2.75, 3.05) is 31.6 Å². The minimum Gasteiger partial charge on any atom is -0.374 e. The van der Waals surface area contributed by atoms with Crippen LogP contribution in [0.3, 0.4) is 0 Å². The first-order valence-corrected chi connectivity index (χ1v) is 8.05. The predicted molar refractivity (Wildman–Crippen MR) is 89.7 cm³/mol. The van der Waals surface area contributed by atoms with Crippen molar-refractivity contribution in [3.05, 3.63) is 47.7 Å². The highest BCUT2D eigenvalue weighted by Gasteiger charge is 2.21. The van der Waals surface area contributed by atoms with Crippen LogP contribution in [0.25, 0.3) is 0 Å². The maximum atomic E-state index is 11.9. The Morgan fingerprint density at radius 2 is 2.21 bits per heavy atom. The summed E-state index contributed by atoms with van der Waals surface area (Å²) in [4.78, 5) is 14.2. The molecule has 1 aromatic carbocycles. The van der Waals surface area contributed by atoms with Crippen molar-refractivity contribution < 1.29 is 14.1 Å². The molecule has 2 heterocycles. The summed E-state index contributed by atoms with van der Waals surface area (Å²) in [5, 5.41) is 9.16. The summed E-state index contributed by atoms with van der Waals surface area (Å²) in [5.41, 5.74) is 1.28. The van der Waals surface area contributed by atoms with Gasteiger partial charge in [-0.1, -0.05) is 35.5 Å². The third-order valence-electron chi connectivity index (χ3n) is 3.83. The molecule has 1 fully saturated rings. The summed E-state index contributed by atoms with van der Waals surface area (Å²) in [6, 6.07) is 11.7. The lowest BCUT2D eigenvalue weighted by atomic mass is 10.2. The Kier molecular flexibility index (Phi) is 5.45. The molecule has 0 unspecified atom stereocenters. The standard InChI is InChI=1S/C17H22N4O3/c1-13-9-16(20-24-13)19-17(22)18-10-15-12-21(7-8-23-15)11-14-5-3-2-4-6-14/h2-6,9,15H,7-8,10-12H2,1H3,(H2,18,19,20,22)/t15-/m1/s1. The number of morpholine rings is 1. The van der Waals surface area contributed by atoms with E-state index in [-0.39, 0.29) is 12.1 Å². The molecule has 2 N–H and O–H groups in total. The number of nitrogens with one attached hydrogen (secondary N) is 2. The molecule has 1 aliphatic rings. The van der Waals surface area contributed by atoms with Crippen molar-refractivity contribution in [2.24, 2.45) is 0 Å². The second-order valence-corrected chi connectivity index (χ2v) is 5.87. The van der Waals surface area contributed by atoms with Gasteiger partial charge < -0.3 is 14.6 Å². The quantitative estimate of drug-likeness (QED) is 0.876. The number of ether oxygens (including phenoxy) is 1. The maximum absolute atomic E-state index is 11.9. The third kappa shape index (κ3) is 4.81. The topological polar surface area (TPSA) is 79.6 Å². The summed E-state index contributed by atoms with van der Waals surface area (Å²) >= 11 is 0. The van der Waals surface area contributed by atoms with Crippen LogP contribution in [0.2, 0.25) is 0 Å². The number of amides is 2. The van der Waals surface area contributed by atoms with E-state index in [2.05, 4.69) is 32.8 Å². The number of carbonyl (C=O) groups is 1. The van der Waals surface area contributed by atoms with E-state index in [0.29, 0.717) is 24.7 Å². The predicted octanol–water partition coefficient (Wildman–Crippen LogP) is 2.01. The summed E-state index contributed by atoms with van der Waals surface area (Å²) in [6.45, 7) is 5.48. The normalized spacial score (nSPS) is 18.3. The number of hydrogen-bond acceptors (Lipinski definition) is 5. The number of aryl methyl sites for hydroxylation is 1. The van der Waals surface area contributed by atoms with Gasteiger partial charge in [-0.2, -0.15) is 0 Å². The van der Waals surface area contributed by atoms with Crippen LogP contribution < -0.4 is 10.6 Å². The number of benzene rings is 1. The van der Waals surface area contributed by atoms with Gasteiger partial charge >= 0.3 is 6.03 Å². The van der Waals surface area contributed by atoms with Crippen LogP contribution in [-0.4, -0.2) is 48.4 Å². The Labute approximate surface area is 141 Å². The first-order chi connectivity index (χ1) is 11.7. The van der Waals surface area contributed by atoms with Crippen LogP contribution >= 0.6 is 0 Å². The maximum Gasteiger partial charge on any atom is 0.320 e. The van der Waals surface area contributed by atoms with Crippen LogP contribution in [0, 0.1) is 6.92 Å². The van der Waals surface area contributed by atoms with Crippen molar-refractivity contribution in [3.63, 3.8) is 0 Å². The van der Waals surface area contributed by atoms with E-state index in [9.17, 15) is 4.79 Å². The molecule has 3 rings (SSSR count). The molecule has 2 aromatic rings. The van der Waals surface area contributed by atoms with E-state index in [1.165, 1.54) is 5.56 Å². The van der Waals surface area contributed by atoms with E-state index in [4.69, 9.17) is 9.26 Å². The molecule has 0 spiro atoms. The number of hydrogen-bond donors (Lipinski definition) is 2. The van der Waals surface area contributed by atoms with E-state index in [0.717, 1.165) is 19.6 Å². The second kappa shape index (κ2) is 7.94. The summed E-state index contributed by atoms with van der Waals surface area (Å²) in [5.74, 6) is 1.05. The highest BCUT2D eigenvalue weighted by atomic mass is 16.5. The summed E-state index contributed by atoms with van der Waals surface area (Å²) in [7, 11) is 0. The van der Waals surface area contributed by atoms with E-state index >= 15 is 0 Å². The number of urea groups is 1. The molecular weight excluding hydrogens is 308 g/mol. The van der Waals surface area contributed by atoms with Crippen LogP contribution in [0.4, 0.5) is 10.6 Å². The van der Waals surface area contributed by atoms with Crippen molar-refractivity contribution in [2.45, 2.75) is 19.6 Å². The molecule has 128 valence electrons. The average Bonchev–Trinajstić information content (AvgIpc) is 2.99. The first kappa shape index (κ1) is 16.5. The zero-order valence-electron chi connectivity index (χ0n) is 13.7. The van der Waals surface area contributed by atoms with Gasteiger partial charge in [0.25, 0.3) is 0 Å². The van der Waals surface area contributed by atoms with Gasteiger partial charge in [0, 0.05) is 32.2 Å². The zero-order chi connectivity index (χ0) is 16.8. The second-order valence-electron chi connectivity index (χ2n) is 5.87. The SMILES string of the molecule is Cc1cc(NC(=O)NC[C@@H]2CN(Cc3ccccc3)CCO2)no1. The van der Waals surface area contributed by atoms with Gasteiger partial charge in [-0.05, 0) is 12.5 Å². The van der Waals surface area contributed by atoms with E-state index in [1.54, 1.807) is 13.0 Å². The molecule has 2 amide bonds. The minimum absolute atomic E-state index is 0.0211. The summed E-state index contributed by atoms with van der Waals surface area (Å²) < 4.78 is 10.6. The molecule has 0 saturated carbocycles. The number of anilines is 1. The molecular formula is C17H22N4O3. The molecule has 24 heavy (non-hydrogen) atoms. The molecule has 7 nitrogen and oxygen atoms in total. The Morgan fingerprint density at radius 1 is 1.38 bits per heavy atom. The van der Waals surface area contributed by atoms with Crippen molar-refractivity contribution in [3.8, 4) is 0 Å². The smallest absolute Gasteiger partial charge is 0.320 e. The first-order valence-electron chi connectivity index (χ1n) is 8.05.